The predicted molar refractivity (Wildman–Crippen MR) is 95.7 cm³/mol. The summed E-state index contributed by atoms with van der Waals surface area (Å²) in [5, 5.41) is 7.15. The van der Waals surface area contributed by atoms with Crippen LogP contribution in [0.3, 0.4) is 0 Å². The van der Waals surface area contributed by atoms with Crippen LogP contribution in [0.2, 0.25) is 0 Å². The predicted octanol–water partition coefficient (Wildman–Crippen LogP) is 1.73. The lowest BCUT2D eigenvalue weighted by Gasteiger charge is -2.07. The molecule has 0 spiro atoms. The maximum atomic E-state index is 11.4. The van der Waals surface area contributed by atoms with Crippen LogP contribution in [-0.4, -0.2) is 38.9 Å². The Morgan fingerprint density at radius 3 is 1.79 bits per heavy atom. The number of aryl methyl sites for hydroxylation is 1. The molecule has 15 heteroatoms. The minimum absolute atomic E-state index is 0.152. The van der Waals surface area contributed by atoms with Crippen molar-refractivity contribution in [2.75, 3.05) is 5.73 Å². The van der Waals surface area contributed by atoms with E-state index in [2.05, 4.69) is 10.2 Å². The van der Waals surface area contributed by atoms with Crippen molar-refractivity contribution in [3.05, 3.63) is 35.9 Å². The molecule has 0 atom stereocenters. The van der Waals surface area contributed by atoms with Crippen molar-refractivity contribution in [1.29, 1.82) is 0 Å². The van der Waals surface area contributed by atoms with E-state index < -0.39 is 50.7 Å². The zero-order chi connectivity index (χ0) is 21.5. The molecular formula is C13H13N3O9S3. The molecule has 0 aliphatic carbocycles. The normalized spacial score (nSPS) is 13.1. The summed E-state index contributed by atoms with van der Waals surface area (Å²) in [5.41, 5.74) is 4.72. The Labute approximate surface area is 160 Å². The molecule has 0 radical (unpaired) electrons. The lowest BCUT2D eigenvalue weighted by Crippen LogP contribution is -2.03. The van der Waals surface area contributed by atoms with E-state index >= 15 is 0 Å². The van der Waals surface area contributed by atoms with Gasteiger partial charge < -0.3 is 5.73 Å². The second-order valence-corrected chi connectivity index (χ2v) is 9.63. The van der Waals surface area contributed by atoms with Crippen molar-refractivity contribution in [1.82, 2.24) is 0 Å². The summed E-state index contributed by atoms with van der Waals surface area (Å²) >= 11 is 0. The molecule has 2 rings (SSSR count). The van der Waals surface area contributed by atoms with Crippen molar-refractivity contribution in [2.24, 2.45) is 10.2 Å². The molecule has 2 aromatic rings. The number of benzene rings is 2. The Morgan fingerprint density at radius 2 is 1.29 bits per heavy atom. The van der Waals surface area contributed by atoms with E-state index in [0.717, 1.165) is 18.2 Å². The largest absolute Gasteiger partial charge is 0.398 e. The molecule has 0 aliphatic heterocycles. The van der Waals surface area contributed by atoms with Crippen molar-refractivity contribution in [3.8, 4) is 0 Å². The Hall–Kier alpha value is -2.43. The first-order valence-electron chi connectivity index (χ1n) is 6.99. The van der Waals surface area contributed by atoms with Gasteiger partial charge in [0, 0.05) is 0 Å². The highest BCUT2D eigenvalue weighted by Gasteiger charge is 2.20. The van der Waals surface area contributed by atoms with Gasteiger partial charge in [-0.15, -0.1) is 5.11 Å². The summed E-state index contributed by atoms with van der Waals surface area (Å²) in [6.45, 7) is 1.46. The monoisotopic (exact) mass is 451 g/mol. The molecule has 0 aromatic heterocycles. The average Bonchev–Trinajstić information content (AvgIpc) is 2.50. The number of hydrogen-bond acceptors (Lipinski definition) is 9. The average molecular weight is 451 g/mol. The van der Waals surface area contributed by atoms with Gasteiger partial charge in [-0.1, -0.05) is 0 Å². The Kier molecular flexibility index (Phi) is 5.61. The van der Waals surface area contributed by atoms with Gasteiger partial charge in [-0.2, -0.15) is 30.4 Å². The molecule has 5 N–H and O–H groups in total. The molecule has 0 aliphatic rings. The molecule has 28 heavy (non-hydrogen) atoms. The number of nitrogens with zero attached hydrogens (tertiary/aromatic N) is 2. The summed E-state index contributed by atoms with van der Waals surface area (Å²) in [4.78, 5) is -2.21. The molecule has 0 bridgehead atoms. The third-order valence-electron chi connectivity index (χ3n) is 3.38. The second kappa shape index (κ2) is 7.19. The number of rotatable bonds is 5. The van der Waals surface area contributed by atoms with Gasteiger partial charge >= 0.3 is 0 Å². The van der Waals surface area contributed by atoms with Crippen LogP contribution in [-0.2, 0) is 30.4 Å². The van der Waals surface area contributed by atoms with Gasteiger partial charge in [0.15, 0.2) is 0 Å². The quantitative estimate of drug-likeness (QED) is 0.293. The molecule has 152 valence electrons. The van der Waals surface area contributed by atoms with Crippen LogP contribution in [0.1, 0.15) is 5.56 Å². The standard InChI is InChI=1S/C13H13N3O9S3/c1-7-4-9(14)13(28(23,24)25)6-10(7)15-16-11-5-8(26(17,18)19)2-3-12(11)27(20,21)22/h2-6H,14H2,1H3,(H,17,18,19)(H,20,21,22)(H,23,24,25). The summed E-state index contributed by atoms with van der Waals surface area (Å²) in [6, 6.07) is 4.08. The molecule has 0 unspecified atom stereocenters. The van der Waals surface area contributed by atoms with Crippen LogP contribution >= 0.6 is 0 Å². The maximum absolute atomic E-state index is 11.4. The third kappa shape index (κ3) is 4.89. The molecule has 0 saturated heterocycles. The highest BCUT2D eigenvalue weighted by Crippen LogP contribution is 2.32. The molecular weight excluding hydrogens is 438 g/mol. The van der Waals surface area contributed by atoms with Crippen molar-refractivity contribution >= 4 is 47.4 Å². The van der Waals surface area contributed by atoms with Crippen LogP contribution < -0.4 is 5.73 Å². The number of hydrogen-bond donors (Lipinski definition) is 4. The third-order valence-corrected chi connectivity index (χ3v) is 6.04. The van der Waals surface area contributed by atoms with Crippen LogP contribution in [0, 0.1) is 6.92 Å². The van der Waals surface area contributed by atoms with Crippen molar-refractivity contribution < 1.29 is 38.9 Å². The molecule has 2 aromatic carbocycles. The number of nitrogen functional groups attached to an aromatic ring is 1. The fraction of sp³-hybridized carbons (Fsp3) is 0.0769. The van der Waals surface area contributed by atoms with E-state index in [1.54, 1.807) is 0 Å². The van der Waals surface area contributed by atoms with E-state index in [1.807, 2.05) is 0 Å². The summed E-state index contributed by atoms with van der Waals surface area (Å²) in [7, 11) is -14.2. The Bertz CT molecular complexity index is 1300. The smallest absolute Gasteiger partial charge is 0.296 e. The summed E-state index contributed by atoms with van der Waals surface area (Å²) in [5.74, 6) is 0. The fourth-order valence-electron chi connectivity index (χ4n) is 2.09. The minimum atomic E-state index is -4.83. The van der Waals surface area contributed by atoms with Gasteiger partial charge in [0.1, 0.15) is 15.5 Å². The van der Waals surface area contributed by atoms with Crippen LogP contribution in [0.5, 0.6) is 0 Å². The van der Waals surface area contributed by atoms with Gasteiger partial charge in [0.2, 0.25) is 0 Å². The van der Waals surface area contributed by atoms with Crippen LogP contribution in [0.4, 0.5) is 17.1 Å². The van der Waals surface area contributed by atoms with Crippen LogP contribution in [0.15, 0.2) is 55.2 Å². The zero-order valence-electron chi connectivity index (χ0n) is 13.9. The first kappa shape index (κ1) is 21.9. The second-order valence-electron chi connectivity index (χ2n) is 5.43. The molecule has 0 heterocycles. The number of azo groups is 1. The molecule has 0 amide bonds. The van der Waals surface area contributed by atoms with E-state index in [-0.39, 0.29) is 16.9 Å². The van der Waals surface area contributed by atoms with Gasteiger partial charge in [-0.3, -0.25) is 13.7 Å². The van der Waals surface area contributed by atoms with Gasteiger partial charge in [-0.05, 0) is 42.8 Å². The first-order valence-corrected chi connectivity index (χ1v) is 11.3. The maximum Gasteiger partial charge on any atom is 0.296 e. The van der Waals surface area contributed by atoms with Gasteiger partial charge in [0.05, 0.1) is 16.3 Å². The first-order chi connectivity index (χ1) is 12.6. The number of nitrogens with two attached hydrogens (primary N) is 1. The zero-order valence-corrected chi connectivity index (χ0v) is 16.3. The van der Waals surface area contributed by atoms with Crippen molar-refractivity contribution in [3.63, 3.8) is 0 Å². The Balaban J connectivity index is 2.70. The van der Waals surface area contributed by atoms with Gasteiger partial charge in [-0.25, -0.2) is 0 Å². The minimum Gasteiger partial charge on any atom is -0.398 e. The lowest BCUT2D eigenvalue weighted by molar-refractivity contribution is 0.478. The SMILES string of the molecule is Cc1cc(N)c(S(=O)(=O)O)cc1N=Nc1cc(S(=O)(=O)O)ccc1S(=O)(=O)O. The topological polar surface area (TPSA) is 214 Å². The van der Waals surface area contributed by atoms with Crippen molar-refractivity contribution in [2.45, 2.75) is 21.6 Å². The highest BCUT2D eigenvalue weighted by molar-refractivity contribution is 7.86. The summed E-state index contributed by atoms with van der Waals surface area (Å²) in [6.07, 6.45) is 0. The molecule has 0 saturated carbocycles. The lowest BCUT2D eigenvalue weighted by atomic mass is 10.2. The van der Waals surface area contributed by atoms with Gasteiger partial charge in [0.25, 0.3) is 30.4 Å². The number of anilines is 1. The Morgan fingerprint density at radius 1 is 0.750 bits per heavy atom. The summed E-state index contributed by atoms with van der Waals surface area (Å²) < 4.78 is 95.5. The van der Waals surface area contributed by atoms with E-state index in [0.29, 0.717) is 12.1 Å². The highest BCUT2D eigenvalue weighted by atomic mass is 32.2. The molecule has 0 fully saturated rings. The molecule has 12 nitrogen and oxygen atoms in total. The van der Waals surface area contributed by atoms with E-state index in [4.69, 9.17) is 14.8 Å². The van der Waals surface area contributed by atoms with E-state index in [1.165, 1.54) is 6.92 Å². The van der Waals surface area contributed by atoms with Crippen LogP contribution in [0.25, 0.3) is 0 Å². The fourth-order valence-corrected chi connectivity index (χ4v) is 3.81. The van der Waals surface area contributed by atoms with E-state index in [9.17, 15) is 29.8 Å².